The van der Waals surface area contributed by atoms with Gasteiger partial charge >= 0.3 is 24.0 Å². The van der Waals surface area contributed by atoms with Crippen molar-refractivity contribution in [1.29, 1.82) is 0 Å². The first-order chi connectivity index (χ1) is 25.1. The standard InChI is InChI=1S/C43H55NO8/c1-6-7-8-9-19-26-38(33(4)41(46)52-40(32(2)3)42(47)49-30-35-22-15-11-16-23-35)51-39(45)28-27-37(29-34-20-13-10-14-21-34)44(5)43(48)50-31-36-24-17-12-18-25-36/h10-18,20-25,27-28,32-33,37-38,40H,6-9,19,26,29-31H2,1-5H3/b28-27+/t33-,37+,38-,40-/m0/s1. The number of amides is 1. The molecule has 0 radical (unpaired) electrons. The summed E-state index contributed by atoms with van der Waals surface area (Å²) in [6.07, 6.45) is 6.25. The Bertz CT molecular complexity index is 1530. The third-order valence-electron chi connectivity index (χ3n) is 8.83. The van der Waals surface area contributed by atoms with Crippen molar-refractivity contribution in [2.24, 2.45) is 11.8 Å². The van der Waals surface area contributed by atoms with E-state index in [0.717, 1.165) is 48.8 Å². The molecule has 0 aromatic heterocycles. The van der Waals surface area contributed by atoms with Crippen molar-refractivity contribution in [3.63, 3.8) is 0 Å². The lowest BCUT2D eigenvalue weighted by Crippen LogP contribution is -2.39. The number of rotatable bonds is 21. The first kappa shape index (κ1) is 41.5. The number of unbranched alkanes of at least 4 members (excludes halogenated alkanes) is 4. The number of ether oxygens (including phenoxy) is 4. The monoisotopic (exact) mass is 713 g/mol. The SMILES string of the molecule is CCCCCCC[C@H](OC(=O)/C=C/[C@H](Cc1ccccc1)N(C)C(=O)OCc1ccccc1)[C@H](C)C(=O)O[C@H](C(=O)OCc1ccccc1)C(C)C. The van der Waals surface area contributed by atoms with E-state index in [9.17, 15) is 19.2 Å². The van der Waals surface area contributed by atoms with Crippen LogP contribution in [0.15, 0.2) is 103 Å². The summed E-state index contributed by atoms with van der Waals surface area (Å²) in [4.78, 5) is 54.4. The zero-order valence-electron chi connectivity index (χ0n) is 31.3. The van der Waals surface area contributed by atoms with Gasteiger partial charge < -0.3 is 23.8 Å². The highest BCUT2D eigenvalue weighted by molar-refractivity contribution is 5.84. The smallest absolute Gasteiger partial charge is 0.410 e. The Labute approximate surface area is 309 Å². The summed E-state index contributed by atoms with van der Waals surface area (Å²) in [6.45, 7) is 7.52. The summed E-state index contributed by atoms with van der Waals surface area (Å²) in [5.41, 5.74) is 2.65. The number of benzene rings is 3. The second-order valence-corrected chi connectivity index (χ2v) is 13.4. The van der Waals surface area contributed by atoms with Gasteiger partial charge in [0.15, 0.2) is 0 Å². The van der Waals surface area contributed by atoms with Crippen molar-refractivity contribution >= 4 is 24.0 Å². The van der Waals surface area contributed by atoms with Gasteiger partial charge in [-0.1, -0.05) is 144 Å². The van der Waals surface area contributed by atoms with Crippen LogP contribution in [0.2, 0.25) is 0 Å². The fourth-order valence-electron chi connectivity index (χ4n) is 5.54. The van der Waals surface area contributed by atoms with Crippen molar-refractivity contribution in [2.75, 3.05) is 7.05 Å². The van der Waals surface area contributed by atoms with Crippen LogP contribution in [-0.2, 0) is 53.0 Å². The van der Waals surface area contributed by atoms with Gasteiger partial charge in [-0.25, -0.2) is 14.4 Å². The summed E-state index contributed by atoms with van der Waals surface area (Å²) >= 11 is 0. The summed E-state index contributed by atoms with van der Waals surface area (Å²) in [7, 11) is 1.63. The lowest BCUT2D eigenvalue weighted by molar-refractivity contribution is -0.178. The summed E-state index contributed by atoms with van der Waals surface area (Å²) in [5, 5.41) is 0. The van der Waals surface area contributed by atoms with E-state index in [0.29, 0.717) is 12.8 Å². The molecule has 52 heavy (non-hydrogen) atoms. The molecule has 0 N–H and O–H groups in total. The maximum absolute atomic E-state index is 13.5. The van der Waals surface area contributed by atoms with Gasteiger partial charge in [0.2, 0.25) is 6.10 Å². The van der Waals surface area contributed by atoms with E-state index < -0.39 is 48.2 Å². The van der Waals surface area contributed by atoms with Crippen molar-refractivity contribution in [3.8, 4) is 0 Å². The van der Waals surface area contributed by atoms with E-state index in [4.69, 9.17) is 18.9 Å². The molecule has 3 aromatic rings. The fourth-order valence-corrected chi connectivity index (χ4v) is 5.54. The predicted octanol–water partition coefficient (Wildman–Crippen LogP) is 8.64. The van der Waals surface area contributed by atoms with Gasteiger partial charge in [0.1, 0.15) is 19.3 Å². The van der Waals surface area contributed by atoms with Gasteiger partial charge in [0.25, 0.3) is 0 Å². The number of nitrogens with zero attached hydrogens (tertiary/aromatic N) is 1. The quantitative estimate of drug-likeness (QED) is 0.0467. The Hall–Kier alpha value is -4.92. The van der Waals surface area contributed by atoms with E-state index in [1.54, 1.807) is 33.9 Å². The second-order valence-electron chi connectivity index (χ2n) is 13.4. The maximum atomic E-state index is 13.5. The fraction of sp³-hybridized carbons (Fsp3) is 0.442. The van der Waals surface area contributed by atoms with Gasteiger partial charge in [-0.3, -0.25) is 4.79 Å². The minimum absolute atomic E-state index is 0.0610. The zero-order chi connectivity index (χ0) is 37.7. The molecule has 3 rings (SSSR count). The molecular formula is C43H55NO8. The molecule has 280 valence electrons. The molecule has 0 aliphatic carbocycles. The third-order valence-corrected chi connectivity index (χ3v) is 8.83. The van der Waals surface area contributed by atoms with Crippen molar-refractivity contribution < 1.29 is 38.1 Å². The lowest BCUT2D eigenvalue weighted by atomic mass is 9.98. The molecule has 9 heteroatoms. The Morgan fingerprint density at radius 3 is 1.77 bits per heavy atom. The van der Waals surface area contributed by atoms with Crippen LogP contribution in [0.3, 0.4) is 0 Å². The van der Waals surface area contributed by atoms with Crippen LogP contribution >= 0.6 is 0 Å². The molecule has 4 atom stereocenters. The van der Waals surface area contributed by atoms with Crippen LogP contribution in [0.4, 0.5) is 4.79 Å². The predicted molar refractivity (Wildman–Crippen MR) is 201 cm³/mol. The van der Waals surface area contributed by atoms with Gasteiger partial charge in [-0.15, -0.1) is 0 Å². The molecule has 9 nitrogen and oxygen atoms in total. The van der Waals surface area contributed by atoms with Gasteiger partial charge in [0, 0.05) is 19.0 Å². The van der Waals surface area contributed by atoms with Crippen molar-refractivity contribution in [3.05, 3.63) is 120 Å². The molecule has 0 unspecified atom stereocenters. The largest absolute Gasteiger partial charge is 0.458 e. The third kappa shape index (κ3) is 14.7. The molecule has 0 spiro atoms. The second kappa shape index (κ2) is 22.8. The molecule has 0 heterocycles. The number of esters is 3. The van der Waals surface area contributed by atoms with E-state index in [1.807, 2.05) is 91.0 Å². The minimum atomic E-state index is -1.12. The molecule has 1 amide bonds. The maximum Gasteiger partial charge on any atom is 0.410 e. The van der Waals surface area contributed by atoms with Crippen LogP contribution in [-0.4, -0.2) is 54.2 Å². The zero-order valence-corrected chi connectivity index (χ0v) is 31.3. The average molecular weight is 714 g/mol. The van der Waals surface area contributed by atoms with Gasteiger partial charge in [-0.2, -0.15) is 0 Å². The highest BCUT2D eigenvalue weighted by Gasteiger charge is 2.34. The number of hydrogen-bond donors (Lipinski definition) is 0. The van der Waals surface area contributed by atoms with Gasteiger partial charge in [-0.05, 0) is 42.9 Å². The van der Waals surface area contributed by atoms with Crippen molar-refractivity contribution in [1.82, 2.24) is 4.90 Å². The molecule has 0 bridgehead atoms. The Morgan fingerprint density at radius 1 is 0.673 bits per heavy atom. The number of likely N-dealkylation sites (N-methyl/N-ethyl adjacent to an activating group) is 1. The summed E-state index contributed by atoms with van der Waals surface area (Å²) < 4.78 is 22.7. The topological polar surface area (TPSA) is 108 Å². The van der Waals surface area contributed by atoms with Crippen LogP contribution in [0, 0.1) is 11.8 Å². The van der Waals surface area contributed by atoms with Crippen LogP contribution < -0.4 is 0 Å². The van der Waals surface area contributed by atoms with Crippen molar-refractivity contribution in [2.45, 2.75) is 104 Å². The van der Waals surface area contributed by atoms with E-state index >= 15 is 0 Å². The lowest BCUT2D eigenvalue weighted by Gasteiger charge is -2.27. The first-order valence-corrected chi connectivity index (χ1v) is 18.4. The molecule has 3 aromatic carbocycles. The average Bonchev–Trinajstić information content (AvgIpc) is 3.16. The molecule has 0 saturated carbocycles. The van der Waals surface area contributed by atoms with E-state index in [-0.39, 0.29) is 19.1 Å². The number of carbonyl (C=O) groups excluding carboxylic acids is 4. The molecule has 0 saturated heterocycles. The van der Waals surface area contributed by atoms with Gasteiger partial charge in [0.05, 0.1) is 12.0 Å². The molecular weight excluding hydrogens is 658 g/mol. The van der Waals surface area contributed by atoms with Crippen LogP contribution in [0.25, 0.3) is 0 Å². The summed E-state index contributed by atoms with van der Waals surface area (Å²) in [6, 6.07) is 27.8. The van der Waals surface area contributed by atoms with E-state index in [2.05, 4.69) is 6.92 Å². The molecule has 0 aliphatic rings. The Balaban J connectivity index is 1.71. The minimum Gasteiger partial charge on any atom is -0.458 e. The number of hydrogen-bond acceptors (Lipinski definition) is 8. The highest BCUT2D eigenvalue weighted by Crippen LogP contribution is 2.22. The summed E-state index contributed by atoms with van der Waals surface area (Å²) in [5.74, 6) is -3.11. The molecule has 0 fully saturated rings. The van der Waals surface area contributed by atoms with E-state index in [1.165, 1.54) is 11.0 Å². The highest BCUT2D eigenvalue weighted by atomic mass is 16.6. The Morgan fingerprint density at radius 2 is 1.21 bits per heavy atom. The number of carbonyl (C=O) groups is 4. The first-order valence-electron chi connectivity index (χ1n) is 18.4. The Kier molecular flexibility index (Phi) is 18.2. The normalized spacial score (nSPS) is 13.5. The molecule has 0 aliphatic heterocycles. The van der Waals surface area contributed by atoms with Crippen LogP contribution in [0.5, 0.6) is 0 Å². The van der Waals surface area contributed by atoms with Crippen LogP contribution in [0.1, 0.15) is 82.9 Å².